The van der Waals surface area contributed by atoms with Crippen molar-refractivity contribution in [3.8, 4) is 0 Å². The Morgan fingerprint density at radius 1 is 0.815 bits per heavy atom. The van der Waals surface area contributed by atoms with Gasteiger partial charge < -0.3 is 9.47 Å². The van der Waals surface area contributed by atoms with Crippen molar-refractivity contribution < 1.29 is 19.1 Å². The van der Waals surface area contributed by atoms with Crippen molar-refractivity contribution in [2.24, 2.45) is 0 Å². The lowest BCUT2D eigenvalue weighted by atomic mass is 9.74. The number of esters is 2. The Balaban J connectivity index is 1.44. The molecule has 27 heavy (non-hydrogen) atoms. The van der Waals surface area contributed by atoms with Crippen molar-refractivity contribution in [2.75, 3.05) is 0 Å². The summed E-state index contributed by atoms with van der Waals surface area (Å²) in [6.07, 6.45) is 11.6. The summed E-state index contributed by atoms with van der Waals surface area (Å²) in [4.78, 5) is 29.3. The second-order valence-corrected chi connectivity index (χ2v) is 9.71. The van der Waals surface area contributed by atoms with Crippen LogP contribution in [0.15, 0.2) is 5.38 Å². The number of rotatable bonds is 2. The molecule has 2 spiro atoms. The highest BCUT2D eigenvalue weighted by molar-refractivity contribution is 7.09. The standard InChI is InChI=1S/C21H27NO4S/c23-17-11-14(20(25-17)7-3-1-4-8-20)16-13-27-19(22-16)15-12-18(24)26-21(15)9-5-2-6-10-21/h13-15H,1-12H2. The van der Waals surface area contributed by atoms with E-state index in [2.05, 4.69) is 5.38 Å². The van der Waals surface area contributed by atoms with E-state index in [4.69, 9.17) is 14.5 Å². The van der Waals surface area contributed by atoms with Crippen LogP contribution in [0.25, 0.3) is 0 Å². The summed E-state index contributed by atoms with van der Waals surface area (Å²) >= 11 is 1.64. The number of hydrogen-bond donors (Lipinski definition) is 0. The molecule has 2 aliphatic carbocycles. The van der Waals surface area contributed by atoms with Crippen molar-refractivity contribution in [3.63, 3.8) is 0 Å². The number of aromatic nitrogens is 1. The summed E-state index contributed by atoms with van der Waals surface area (Å²) in [6, 6.07) is 0. The van der Waals surface area contributed by atoms with Gasteiger partial charge in [-0.2, -0.15) is 0 Å². The SMILES string of the molecule is O=C1CC(c2csc(C3CC(=O)OC34CCCCC4)n2)C2(CCCCC2)O1. The second-order valence-electron chi connectivity index (χ2n) is 8.82. The molecule has 1 aromatic rings. The highest BCUT2D eigenvalue weighted by Gasteiger charge is 2.53. The summed E-state index contributed by atoms with van der Waals surface area (Å²) in [5.41, 5.74) is 0.313. The smallest absolute Gasteiger partial charge is 0.307 e. The third-order valence-electron chi connectivity index (χ3n) is 7.24. The van der Waals surface area contributed by atoms with E-state index in [0.29, 0.717) is 12.8 Å². The van der Waals surface area contributed by atoms with Crippen LogP contribution in [0.4, 0.5) is 0 Å². The van der Waals surface area contributed by atoms with E-state index < -0.39 is 0 Å². The van der Waals surface area contributed by atoms with Crippen molar-refractivity contribution in [3.05, 3.63) is 16.1 Å². The molecule has 0 aromatic carbocycles. The molecule has 146 valence electrons. The first kappa shape index (κ1) is 17.7. The van der Waals surface area contributed by atoms with Gasteiger partial charge in [-0.3, -0.25) is 9.59 Å². The average molecular weight is 390 g/mol. The van der Waals surface area contributed by atoms with Crippen LogP contribution in [0.5, 0.6) is 0 Å². The van der Waals surface area contributed by atoms with Crippen LogP contribution < -0.4 is 0 Å². The van der Waals surface area contributed by atoms with Crippen LogP contribution in [0.3, 0.4) is 0 Å². The molecule has 4 aliphatic rings. The molecule has 2 saturated carbocycles. The summed E-state index contributed by atoms with van der Waals surface area (Å²) in [6.45, 7) is 0. The van der Waals surface area contributed by atoms with E-state index in [-0.39, 0.29) is 35.0 Å². The molecule has 1 aromatic heterocycles. The fourth-order valence-corrected chi connectivity index (χ4v) is 6.97. The monoisotopic (exact) mass is 389 g/mol. The lowest BCUT2D eigenvalue weighted by molar-refractivity contribution is -0.152. The summed E-state index contributed by atoms with van der Waals surface area (Å²) in [5, 5.41) is 3.13. The number of nitrogens with zero attached hydrogens (tertiary/aromatic N) is 1. The van der Waals surface area contributed by atoms with Gasteiger partial charge >= 0.3 is 11.9 Å². The zero-order valence-electron chi connectivity index (χ0n) is 15.7. The Morgan fingerprint density at radius 3 is 1.93 bits per heavy atom. The van der Waals surface area contributed by atoms with Crippen LogP contribution in [-0.2, 0) is 19.1 Å². The Hall–Kier alpha value is -1.43. The topological polar surface area (TPSA) is 65.5 Å². The number of hydrogen-bond acceptors (Lipinski definition) is 6. The molecule has 2 saturated heterocycles. The van der Waals surface area contributed by atoms with Crippen LogP contribution in [-0.4, -0.2) is 28.1 Å². The fourth-order valence-electron chi connectivity index (χ4n) is 5.89. The van der Waals surface area contributed by atoms with Crippen molar-refractivity contribution in [2.45, 2.75) is 100 Å². The maximum atomic E-state index is 12.1. The van der Waals surface area contributed by atoms with Gasteiger partial charge in [0, 0.05) is 5.38 Å². The lowest BCUT2D eigenvalue weighted by Gasteiger charge is -2.36. The Labute approximate surface area is 163 Å². The number of thiazole rings is 1. The van der Waals surface area contributed by atoms with Gasteiger partial charge in [-0.05, 0) is 51.4 Å². The summed E-state index contributed by atoms with van der Waals surface area (Å²) in [7, 11) is 0. The van der Waals surface area contributed by atoms with Crippen molar-refractivity contribution in [1.82, 2.24) is 4.98 Å². The van der Waals surface area contributed by atoms with Crippen molar-refractivity contribution in [1.29, 1.82) is 0 Å². The van der Waals surface area contributed by atoms with Gasteiger partial charge in [0.1, 0.15) is 16.2 Å². The quantitative estimate of drug-likeness (QED) is 0.691. The molecule has 2 atom stereocenters. The Morgan fingerprint density at radius 2 is 1.33 bits per heavy atom. The van der Waals surface area contributed by atoms with Gasteiger partial charge in [0.25, 0.3) is 0 Å². The predicted molar refractivity (Wildman–Crippen MR) is 101 cm³/mol. The normalized spacial score (nSPS) is 32.0. The zero-order valence-corrected chi connectivity index (χ0v) is 16.5. The first-order valence-electron chi connectivity index (χ1n) is 10.5. The molecule has 4 fully saturated rings. The predicted octanol–water partition coefficient (Wildman–Crippen LogP) is 4.61. The third kappa shape index (κ3) is 2.91. The molecule has 0 amide bonds. The molecule has 2 unspecified atom stereocenters. The molecule has 0 radical (unpaired) electrons. The minimum absolute atomic E-state index is 0.0654. The molecule has 0 N–H and O–H groups in total. The van der Waals surface area contributed by atoms with Crippen LogP contribution in [0.1, 0.15) is 99.6 Å². The maximum Gasteiger partial charge on any atom is 0.307 e. The first-order chi connectivity index (χ1) is 13.1. The molecule has 2 aliphatic heterocycles. The molecule has 5 rings (SSSR count). The van der Waals surface area contributed by atoms with Crippen molar-refractivity contribution >= 4 is 23.3 Å². The average Bonchev–Trinajstić information content (AvgIpc) is 3.33. The minimum atomic E-state index is -0.342. The molecule has 3 heterocycles. The third-order valence-corrected chi connectivity index (χ3v) is 8.22. The Kier molecular flexibility index (Phi) is 4.30. The number of carbonyl (C=O) groups is 2. The van der Waals surface area contributed by atoms with Crippen LogP contribution in [0.2, 0.25) is 0 Å². The number of carbonyl (C=O) groups excluding carboxylic acids is 2. The van der Waals surface area contributed by atoms with Gasteiger partial charge in [-0.15, -0.1) is 11.3 Å². The van der Waals surface area contributed by atoms with Gasteiger partial charge in [0.2, 0.25) is 0 Å². The molecule has 0 bridgehead atoms. The van der Waals surface area contributed by atoms with Crippen LogP contribution in [0, 0.1) is 0 Å². The lowest BCUT2D eigenvalue weighted by Crippen LogP contribution is -2.37. The van der Waals surface area contributed by atoms with Gasteiger partial charge in [0.15, 0.2) is 0 Å². The largest absolute Gasteiger partial charge is 0.458 e. The van der Waals surface area contributed by atoms with E-state index in [9.17, 15) is 9.59 Å². The minimum Gasteiger partial charge on any atom is -0.458 e. The highest BCUT2D eigenvalue weighted by Crippen LogP contribution is 2.52. The molecular formula is C21H27NO4S. The second kappa shape index (κ2) is 6.57. The fraction of sp³-hybridized carbons (Fsp3) is 0.762. The maximum absolute atomic E-state index is 12.1. The van der Waals surface area contributed by atoms with Gasteiger partial charge in [-0.1, -0.05) is 12.8 Å². The first-order valence-corrected chi connectivity index (χ1v) is 11.4. The molecule has 5 nitrogen and oxygen atoms in total. The van der Waals surface area contributed by atoms with E-state index >= 15 is 0 Å². The van der Waals surface area contributed by atoms with E-state index in [1.165, 1.54) is 12.8 Å². The van der Waals surface area contributed by atoms with E-state index in [0.717, 1.165) is 62.1 Å². The summed E-state index contributed by atoms with van der Waals surface area (Å²) in [5.74, 6) is -0.0265. The zero-order chi connectivity index (χ0) is 18.5. The van der Waals surface area contributed by atoms with Crippen LogP contribution >= 0.6 is 11.3 Å². The van der Waals surface area contributed by atoms with Gasteiger partial charge in [-0.25, -0.2) is 4.98 Å². The number of ether oxygens (including phenoxy) is 2. The van der Waals surface area contributed by atoms with E-state index in [1.54, 1.807) is 11.3 Å². The Bertz CT molecular complexity index is 685. The molecular weight excluding hydrogens is 362 g/mol. The van der Waals surface area contributed by atoms with Gasteiger partial charge in [0.05, 0.1) is 30.4 Å². The summed E-state index contributed by atoms with van der Waals surface area (Å²) < 4.78 is 11.7. The van der Waals surface area contributed by atoms with E-state index in [1.807, 2.05) is 0 Å². The molecule has 6 heteroatoms. The highest BCUT2D eigenvalue weighted by atomic mass is 32.1.